The third-order valence-corrected chi connectivity index (χ3v) is 1.84. The van der Waals surface area contributed by atoms with E-state index in [-0.39, 0.29) is 18.3 Å². The van der Waals surface area contributed by atoms with Gasteiger partial charge >= 0.3 is 0 Å². The first-order valence-corrected chi connectivity index (χ1v) is 3.46. The van der Waals surface area contributed by atoms with Crippen molar-refractivity contribution in [2.24, 2.45) is 5.92 Å². The van der Waals surface area contributed by atoms with Gasteiger partial charge in [0.05, 0.1) is 12.0 Å². The monoisotopic (exact) mass is 160 g/mol. The Morgan fingerprint density at radius 2 is 2.20 bits per heavy atom. The summed E-state index contributed by atoms with van der Waals surface area (Å²) in [5.74, 6) is 0.265. The lowest BCUT2D eigenvalue weighted by molar-refractivity contribution is 0.372. The number of piperidine rings is 1. The van der Waals surface area contributed by atoms with Crippen molar-refractivity contribution < 1.29 is 0 Å². The van der Waals surface area contributed by atoms with Crippen LogP contribution in [0.3, 0.4) is 0 Å². The zero-order valence-electron chi connectivity index (χ0n) is 6.13. The van der Waals surface area contributed by atoms with Gasteiger partial charge in [-0.3, -0.25) is 0 Å². The van der Waals surface area contributed by atoms with Gasteiger partial charge in [0.15, 0.2) is 0 Å². The van der Waals surface area contributed by atoms with Gasteiger partial charge in [0.1, 0.15) is 0 Å². The molecule has 0 aromatic heterocycles. The van der Waals surface area contributed by atoms with Crippen molar-refractivity contribution in [1.29, 1.82) is 5.26 Å². The fraction of sp³-hybridized carbons (Fsp3) is 0.857. The van der Waals surface area contributed by atoms with Gasteiger partial charge in [-0.15, -0.1) is 12.4 Å². The van der Waals surface area contributed by atoms with E-state index in [1.54, 1.807) is 0 Å². The summed E-state index contributed by atoms with van der Waals surface area (Å²) in [4.78, 5) is 0. The molecule has 1 aliphatic heterocycles. The van der Waals surface area contributed by atoms with E-state index in [1.165, 1.54) is 0 Å². The molecule has 3 heteroatoms. The van der Waals surface area contributed by atoms with Crippen LogP contribution in [0.4, 0.5) is 0 Å². The molecule has 0 aliphatic carbocycles. The summed E-state index contributed by atoms with van der Waals surface area (Å²) in [7, 11) is 0. The maximum Gasteiger partial charge on any atom is 0.0669 e. The summed E-state index contributed by atoms with van der Waals surface area (Å²) in [6.45, 7) is 3.05. The van der Waals surface area contributed by atoms with Crippen LogP contribution in [0, 0.1) is 17.2 Å². The van der Waals surface area contributed by atoms with Crippen LogP contribution in [0.25, 0.3) is 0 Å². The lowest BCUT2D eigenvalue weighted by Gasteiger charge is -2.22. The zero-order chi connectivity index (χ0) is 6.69. The lowest BCUT2D eigenvalue weighted by Crippen LogP contribution is -2.36. The third-order valence-electron chi connectivity index (χ3n) is 1.84. The number of hydrogen-bond acceptors (Lipinski definition) is 2. The van der Waals surface area contributed by atoms with Gasteiger partial charge < -0.3 is 5.32 Å². The Hall–Kier alpha value is -0.260. The summed E-state index contributed by atoms with van der Waals surface area (Å²) in [5, 5.41) is 11.7. The molecule has 58 valence electrons. The van der Waals surface area contributed by atoms with E-state index in [2.05, 4.69) is 18.3 Å². The average Bonchev–Trinajstić information content (AvgIpc) is 1.90. The largest absolute Gasteiger partial charge is 0.313 e. The molecule has 2 nitrogen and oxygen atoms in total. The predicted molar refractivity (Wildman–Crippen MR) is 43.0 cm³/mol. The van der Waals surface area contributed by atoms with Crippen molar-refractivity contribution in [1.82, 2.24) is 5.32 Å². The number of nitrogens with one attached hydrogen (secondary N) is 1. The summed E-state index contributed by atoms with van der Waals surface area (Å²) in [5.41, 5.74) is 0. The highest BCUT2D eigenvalue weighted by molar-refractivity contribution is 5.85. The van der Waals surface area contributed by atoms with Crippen LogP contribution in [0.5, 0.6) is 0 Å². The number of nitriles is 1. The molecule has 0 radical (unpaired) electrons. The fourth-order valence-corrected chi connectivity index (χ4v) is 1.11. The molecule has 0 unspecified atom stereocenters. The molecule has 10 heavy (non-hydrogen) atoms. The second kappa shape index (κ2) is 4.54. The van der Waals surface area contributed by atoms with E-state index < -0.39 is 0 Å². The highest BCUT2D eigenvalue weighted by Crippen LogP contribution is 2.11. The van der Waals surface area contributed by atoms with Gasteiger partial charge in [0.2, 0.25) is 0 Å². The number of halogens is 1. The summed E-state index contributed by atoms with van der Waals surface area (Å²) < 4.78 is 0. The fourth-order valence-electron chi connectivity index (χ4n) is 1.11. The molecule has 1 N–H and O–H groups in total. The van der Waals surface area contributed by atoms with E-state index in [4.69, 9.17) is 5.26 Å². The molecule has 1 heterocycles. The molecular formula is C7H13ClN2. The van der Waals surface area contributed by atoms with Crippen LogP contribution in [0.1, 0.15) is 19.8 Å². The van der Waals surface area contributed by atoms with Gasteiger partial charge in [0, 0.05) is 12.6 Å². The lowest BCUT2D eigenvalue weighted by atomic mass is 9.97. The molecule has 0 amide bonds. The van der Waals surface area contributed by atoms with E-state index >= 15 is 0 Å². The number of hydrogen-bond donors (Lipinski definition) is 1. The SMILES string of the molecule is C[C@H]1CC[C@H](C#N)CN1.Cl. The normalized spacial score (nSPS) is 32.0. The molecule has 0 aromatic rings. The Balaban J connectivity index is 0.000000810. The highest BCUT2D eigenvalue weighted by atomic mass is 35.5. The van der Waals surface area contributed by atoms with E-state index in [1.807, 2.05) is 0 Å². The van der Waals surface area contributed by atoms with Crippen LogP contribution in [0.2, 0.25) is 0 Å². The molecule has 0 saturated carbocycles. The first kappa shape index (κ1) is 9.74. The second-order valence-corrected chi connectivity index (χ2v) is 2.71. The van der Waals surface area contributed by atoms with Crippen LogP contribution < -0.4 is 5.32 Å². The first-order valence-electron chi connectivity index (χ1n) is 3.46. The van der Waals surface area contributed by atoms with Crippen molar-refractivity contribution in [2.75, 3.05) is 6.54 Å². The Kier molecular flexibility index (Phi) is 4.42. The number of rotatable bonds is 0. The van der Waals surface area contributed by atoms with Gasteiger partial charge in [-0.05, 0) is 19.8 Å². The maximum absolute atomic E-state index is 8.49. The number of nitrogens with zero attached hydrogens (tertiary/aromatic N) is 1. The molecular weight excluding hydrogens is 148 g/mol. The van der Waals surface area contributed by atoms with E-state index in [0.29, 0.717) is 6.04 Å². The first-order chi connectivity index (χ1) is 4.33. The third kappa shape index (κ3) is 2.55. The van der Waals surface area contributed by atoms with Crippen molar-refractivity contribution >= 4 is 12.4 Å². The van der Waals surface area contributed by atoms with Gasteiger partial charge in [0.25, 0.3) is 0 Å². The van der Waals surface area contributed by atoms with Crippen LogP contribution in [-0.4, -0.2) is 12.6 Å². The standard InChI is InChI=1S/C7H12N2.ClH/c1-6-2-3-7(4-8)5-9-6;/h6-7,9H,2-3,5H2,1H3;1H/t6-,7+;/m0./s1. The Morgan fingerprint density at radius 3 is 2.60 bits per heavy atom. The van der Waals surface area contributed by atoms with Crippen molar-refractivity contribution in [3.8, 4) is 6.07 Å². The quantitative estimate of drug-likeness (QED) is 0.580. The van der Waals surface area contributed by atoms with E-state index in [0.717, 1.165) is 19.4 Å². The average molecular weight is 161 g/mol. The smallest absolute Gasteiger partial charge is 0.0669 e. The minimum absolute atomic E-state index is 0. The topological polar surface area (TPSA) is 35.8 Å². The molecule has 0 bridgehead atoms. The Labute approximate surface area is 68.0 Å². The van der Waals surface area contributed by atoms with Crippen LogP contribution in [-0.2, 0) is 0 Å². The molecule has 0 spiro atoms. The van der Waals surface area contributed by atoms with Gasteiger partial charge in [-0.1, -0.05) is 0 Å². The minimum atomic E-state index is 0. The van der Waals surface area contributed by atoms with Crippen LogP contribution >= 0.6 is 12.4 Å². The predicted octanol–water partition coefficient (Wildman–Crippen LogP) is 1.32. The summed E-state index contributed by atoms with van der Waals surface area (Å²) in [6.07, 6.45) is 2.23. The van der Waals surface area contributed by atoms with Crippen LogP contribution in [0.15, 0.2) is 0 Å². The summed E-state index contributed by atoms with van der Waals surface area (Å²) in [6, 6.07) is 2.88. The Bertz CT molecular complexity index is 122. The molecule has 1 rings (SSSR count). The molecule has 1 saturated heterocycles. The minimum Gasteiger partial charge on any atom is -0.313 e. The van der Waals surface area contributed by atoms with Crippen molar-refractivity contribution in [3.63, 3.8) is 0 Å². The zero-order valence-corrected chi connectivity index (χ0v) is 6.95. The second-order valence-electron chi connectivity index (χ2n) is 2.71. The Morgan fingerprint density at radius 1 is 1.50 bits per heavy atom. The molecule has 2 atom stereocenters. The van der Waals surface area contributed by atoms with Gasteiger partial charge in [-0.2, -0.15) is 5.26 Å². The molecule has 0 aromatic carbocycles. The summed E-state index contributed by atoms with van der Waals surface area (Å²) >= 11 is 0. The van der Waals surface area contributed by atoms with E-state index in [9.17, 15) is 0 Å². The highest BCUT2D eigenvalue weighted by Gasteiger charge is 2.15. The molecule has 1 fully saturated rings. The van der Waals surface area contributed by atoms with Gasteiger partial charge in [-0.25, -0.2) is 0 Å². The maximum atomic E-state index is 8.49. The molecule has 1 aliphatic rings. The van der Waals surface area contributed by atoms with Crippen molar-refractivity contribution in [2.45, 2.75) is 25.8 Å². The van der Waals surface area contributed by atoms with Crippen molar-refractivity contribution in [3.05, 3.63) is 0 Å².